The van der Waals surface area contributed by atoms with Crippen LogP contribution in [0.25, 0.3) is 0 Å². The molecule has 2 fully saturated rings. The Kier molecular flexibility index (Phi) is 3.28. The summed E-state index contributed by atoms with van der Waals surface area (Å²) in [4.78, 5) is 23.7. The maximum Gasteiger partial charge on any atom is 0.324 e. The number of fused-ring (bicyclic) bond motifs is 1. The summed E-state index contributed by atoms with van der Waals surface area (Å²) >= 11 is 0. The molecule has 0 spiro atoms. The number of hydrogen-bond donors (Lipinski definition) is 1. The molecule has 0 aromatic rings. The van der Waals surface area contributed by atoms with Gasteiger partial charge in [-0.1, -0.05) is 13.8 Å². The normalized spacial score (nSPS) is 26.0. The van der Waals surface area contributed by atoms with Crippen LogP contribution < -0.4 is 5.32 Å². The fraction of sp³-hybridized carbons (Fsp3) is 0.778. The van der Waals surface area contributed by atoms with Gasteiger partial charge in [0.25, 0.3) is 5.91 Å². The second kappa shape index (κ2) is 4.25. The molecule has 0 aromatic heterocycles. The molecule has 4 heteroatoms. The summed E-state index contributed by atoms with van der Waals surface area (Å²) in [7, 11) is 0. The van der Waals surface area contributed by atoms with E-state index in [1.54, 1.807) is 4.90 Å². The Hall–Kier alpha value is -1.06. The van der Waals surface area contributed by atoms with Crippen LogP contribution in [0.2, 0.25) is 0 Å². The van der Waals surface area contributed by atoms with Gasteiger partial charge in [0.2, 0.25) is 0 Å². The maximum atomic E-state index is 11.0. The highest BCUT2D eigenvalue weighted by Gasteiger charge is 2.39. The molecule has 3 amide bonds. The number of carbonyl (C=O) groups is 2. The van der Waals surface area contributed by atoms with Gasteiger partial charge in [-0.2, -0.15) is 0 Å². The van der Waals surface area contributed by atoms with Gasteiger partial charge < -0.3 is 4.90 Å². The van der Waals surface area contributed by atoms with Gasteiger partial charge in [-0.25, -0.2) is 4.79 Å². The molecule has 2 aliphatic rings. The Bertz CT molecular complexity index is 194. The first kappa shape index (κ1) is 10.0. The molecule has 74 valence electrons. The standard InChI is InChI=1S/C7H10N2O2.C2H6/c10-6-5-3-1-2-4-9(5)7(11)8-6;1-2/h5H,1-4H2,(H,8,10,11);1-2H3. The van der Waals surface area contributed by atoms with Crippen molar-refractivity contribution in [2.75, 3.05) is 6.54 Å². The van der Waals surface area contributed by atoms with Crippen LogP contribution in [0.4, 0.5) is 4.79 Å². The van der Waals surface area contributed by atoms with Gasteiger partial charge in [0.05, 0.1) is 0 Å². The van der Waals surface area contributed by atoms with Crippen LogP contribution in [0.15, 0.2) is 0 Å². The van der Waals surface area contributed by atoms with Crippen LogP contribution in [0.1, 0.15) is 33.1 Å². The average Bonchev–Trinajstić information content (AvgIpc) is 2.47. The minimum Gasteiger partial charge on any atom is -0.312 e. The molecule has 0 aliphatic carbocycles. The molecule has 2 rings (SSSR count). The van der Waals surface area contributed by atoms with E-state index in [2.05, 4.69) is 5.32 Å². The molecular formula is C9H16N2O2. The topological polar surface area (TPSA) is 49.4 Å². The third kappa shape index (κ3) is 1.82. The molecule has 2 saturated heterocycles. The second-order valence-corrected chi connectivity index (χ2v) is 3.00. The minimum absolute atomic E-state index is 0.116. The Morgan fingerprint density at radius 1 is 1.31 bits per heavy atom. The predicted molar refractivity (Wildman–Crippen MR) is 49.2 cm³/mol. The van der Waals surface area contributed by atoms with Crippen LogP contribution in [-0.2, 0) is 4.79 Å². The molecule has 0 aromatic carbocycles. The van der Waals surface area contributed by atoms with Gasteiger partial charge in [-0.05, 0) is 19.3 Å². The summed E-state index contributed by atoms with van der Waals surface area (Å²) in [6, 6.07) is -0.365. The zero-order valence-electron chi connectivity index (χ0n) is 8.17. The first-order valence-corrected chi connectivity index (χ1v) is 4.90. The number of amides is 3. The van der Waals surface area contributed by atoms with Crippen LogP contribution in [0.5, 0.6) is 0 Å². The molecule has 0 radical (unpaired) electrons. The first-order valence-electron chi connectivity index (χ1n) is 4.90. The SMILES string of the molecule is CC.O=C1NC(=O)N2CCCCC12. The van der Waals surface area contributed by atoms with E-state index < -0.39 is 0 Å². The third-order valence-corrected chi connectivity index (χ3v) is 2.30. The van der Waals surface area contributed by atoms with Crippen molar-refractivity contribution in [3.8, 4) is 0 Å². The van der Waals surface area contributed by atoms with Crippen molar-refractivity contribution >= 4 is 11.9 Å². The van der Waals surface area contributed by atoms with Crippen molar-refractivity contribution in [3.63, 3.8) is 0 Å². The van der Waals surface area contributed by atoms with E-state index in [1.807, 2.05) is 13.8 Å². The lowest BCUT2D eigenvalue weighted by atomic mass is 10.0. The second-order valence-electron chi connectivity index (χ2n) is 3.00. The number of urea groups is 1. The summed E-state index contributed by atoms with van der Waals surface area (Å²) < 4.78 is 0. The Labute approximate surface area is 78.3 Å². The minimum atomic E-state index is -0.209. The number of nitrogens with zero attached hydrogens (tertiary/aromatic N) is 1. The monoisotopic (exact) mass is 184 g/mol. The molecule has 0 bridgehead atoms. The van der Waals surface area contributed by atoms with Crippen molar-refractivity contribution in [1.82, 2.24) is 10.2 Å². The van der Waals surface area contributed by atoms with E-state index in [-0.39, 0.29) is 18.0 Å². The van der Waals surface area contributed by atoms with Gasteiger partial charge in [0.1, 0.15) is 6.04 Å². The quantitative estimate of drug-likeness (QED) is 0.573. The Morgan fingerprint density at radius 3 is 2.62 bits per heavy atom. The molecule has 1 unspecified atom stereocenters. The van der Waals surface area contributed by atoms with Crippen molar-refractivity contribution in [2.45, 2.75) is 39.2 Å². The summed E-state index contributed by atoms with van der Waals surface area (Å²) in [5.41, 5.74) is 0. The van der Waals surface area contributed by atoms with Gasteiger partial charge in [-0.3, -0.25) is 10.1 Å². The highest BCUT2D eigenvalue weighted by molar-refractivity contribution is 6.04. The number of hydrogen-bond acceptors (Lipinski definition) is 2. The molecular weight excluding hydrogens is 168 g/mol. The fourth-order valence-electron chi connectivity index (χ4n) is 1.71. The van der Waals surface area contributed by atoms with Crippen LogP contribution >= 0.6 is 0 Å². The molecule has 1 N–H and O–H groups in total. The van der Waals surface area contributed by atoms with Crippen LogP contribution in [-0.4, -0.2) is 29.4 Å². The molecule has 0 saturated carbocycles. The van der Waals surface area contributed by atoms with E-state index >= 15 is 0 Å². The summed E-state index contributed by atoms with van der Waals surface area (Å²) in [6.45, 7) is 4.74. The lowest BCUT2D eigenvalue weighted by Crippen LogP contribution is -2.38. The fourth-order valence-corrected chi connectivity index (χ4v) is 1.71. The van der Waals surface area contributed by atoms with Gasteiger partial charge in [0.15, 0.2) is 0 Å². The van der Waals surface area contributed by atoms with E-state index in [9.17, 15) is 9.59 Å². The molecule has 13 heavy (non-hydrogen) atoms. The summed E-state index contributed by atoms with van der Waals surface area (Å²) in [5.74, 6) is -0.116. The van der Waals surface area contributed by atoms with E-state index in [0.717, 1.165) is 25.8 Å². The molecule has 4 nitrogen and oxygen atoms in total. The van der Waals surface area contributed by atoms with Gasteiger partial charge in [-0.15, -0.1) is 0 Å². The Morgan fingerprint density at radius 2 is 2.00 bits per heavy atom. The number of rotatable bonds is 0. The molecule has 2 aliphatic heterocycles. The van der Waals surface area contributed by atoms with Crippen molar-refractivity contribution in [3.05, 3.63) is 0 Å². The zero-order chi connectivity index (χ0) is 9.84. The predicted octanol–water partition coefficient (Wildman–Crippen LogP) is 1.12. The number of nitrogens with one attached hydrogen (secondary N) is 1. The molecule has 1 atom stereocenters. The van der Waals surface area contributed by atoms with E-state index in [0.29, 0.717) is 0 Å². The maximum absolute atomic E-state index is 11.0. The van der Waals surface area contributed by atoms with Crippen LogP contribution in [0.3, 0.4) is 0 Å². The van der Waals surface area contributed by atoms with Gasteiger partial charge in [0, 0.05) is 6.54 Å². The van der Waals surface area contributed by atoms with E-state index in [1.165, 1.54) is 0 Å². The highest BCUT2D eigenvalue weighted by Crippen LogP contribution is 2.20. The third-order valence-electron chi connectivity index (χ3n) is 2.30. The smallest absolute Gasteiger partial charge is 0.312 e. The Balaban J connectivity index is 0.000000396. The number of imide groups is 1. The van der Waals surface area contributed by atoms with E-state index in [4.69, 9.17) is 0 Å². The van der Waals surface area contributed by atoms with Crippen molar-refractivity contribution in [2.24, 2.45) is 0 Å². The average molecular weight is 184 g/mol. The van der Waals surface area contributed by atoms with Crippen molar-refractivity contribution < 1.29 is 9.59 Å². The van der Waals surface area contributed by atoms with Crippen LogP contribution in [0, 0.1) is 0 Å². The molecule has 2 heterocycles. The first-order chi connectivity index (χ1) is 6.29. The zero-order valence-corrected chi connectivity index (χ0v) is 8.17. The lowest BCUT2D eigenvalue weighted by Gasteiger charge is -2.25. The van der Waals surface area contributed by atoms with Gasteiger partial charge >= 0.3 is 6.03 Å². The number of piperidine rings is 1. The largest absolute Gasteiger partial charge is 0.324 e. The van der Waals surface area contributed by atoms with Crippen molar-refractivity contribution in [1.29, 1.82) is 0 Å². The highest BCUT2D eigenvalue weighted by atomic mass is 16.2. The number of carbonyl (C=O) groups excluding carboxylic acids is 2. The lowest BCUT2D eigenvalue weighted by molar-refractivity contribution is -0.122. The summed E-state index contributed by atoms with van der Waals surface area (Å²) in [5, 5.41) is 2.31. The summed E-state index contributed by atoms with van der Waals surface area (Å²) in [6.07, 6.45) is 2.91.